The van der Waals surface area contributed by atoms with Crippen LogP contribution in [0.2, 0.25) is 0 Å². The van der Waals surface area contributed by atoms with Gasteiger partial charge in [-0.3, -0.25) is 4.79 Å². The van der Waals surface area contributed by atoms with Crippen molar-refractivity contribution in [3.8, 4) is 0 Å². The van der Waals surface area contributed by atoms with E-state index in [1.807, 2.05) is 12.1 Å². The number of hydrogen-bond acceptors (Lipinski definition) is 3. The molecule has 0 aliphatic rings. The number of halogens is 2. The smallest absolute Gasteiger partial charge is 0.253 e. The van der Waals surface area contributed by atoms with Crippen molar-refractivity contribution in [2.75, 3.05) is 20.3 Å². The SMILES string of the molecule is COCC(O)CNC(=O)c1c[nH]c2cc(Br)c(Br)cc12. The van der Waals surface area contributed by atoms with Crippen molar-refractivity contribution in [1.29, 1.82) is 0 Å². The van der Waals surface area contributed by atoms with Gasteiger partial charge in [0.2, 0.25) is 0 Å². The molecule has 0 saturated heterocycles. The van der Waals surface area contributed by atoms with Crippen LogP contribution < -0.4 is 5.32 Å². The molecule has 1 aromatic heterocycles. The van der Waals surface area contributed by atoms with Gasteiger partial charge in [0.1, 0.15) is 0 Å². The molecule has 0 aliphatic heterocycles. The largest absolute Gasteiger partial charge is 0.389 e. The van der Waals surface area contributed by atoms with Gasteiger partial charge in [0.15, 0.2) is 0 Å². The van der Waals surface area contributed by atoms with E-state index in [0.29, 0.717) is 5.56 Å². The van der Waals surface area contributed by atoms with E-state index in [2.05, 4.69) is 42.2 Å². The lowest BCUT2D eigenvalue weighted by Gasteiger charge is -2.10. The average molecular weight is 406 g/mol. The first-order valence-corrected chi connectivity index (χ1v) is 7.53. The van der Waals surface area contributed by atoms with Crippen molar-refractivity contribution >= 4 is 48.7 Å². The molecule has 7 heteroatoms. The first-order valence-electron chi connectivity index (χ1n) is 5.94. The molecule has 0 saturated carbocycles. The molecule has 2 rings (SSSR count). The second-order valence-corrected chi connectivity index (χ2v) is 6.04. The van der Waals surface area contributed by atoms with E-state index >= 15 is 0 Å². The predicted octanol–water partition coefficient (Wildman–Crippen LogP) is 2.43. The van der Waals surface area contributed by atoms with E-state index in [-0.39, 0.29) is 19.1 Å². The molecule has 0 spiro atoms. The maximum atomic E-state index is 12.1. The minimum atomic E-state index is -0.713. The monoisotopic (exact) mass is 404 g/mol. The number of amides is 1. The van der Waals surface area contributed by atoms with Crippen LogP contribution in [0.15, 0.2) is 27.3 Å². The van der Waals surface area contributed by atoms with Crippen molar-refractivity contribution in [3.63, 3.8) is 0 Å². The van der Waals surface area contributed by atoms with Crippen LogP contribution in [0.3, 0.4) is 0 Å². The Morgan fingerprint density at radius 1 is 1.45 bits per heavy atom. The normalized spacial score (nSPS) is 12.6. The number of ether oxygens (including phenoxy) is 1. The van der Waals surface area contributed by atoms with Crippen molar-refractivity contribution in [2.24, 2.45) is 0 Å². The zero-order chi connectivity index (χ0) is 14.7. The lowest BCUT2D eigenvalue weighted by molar-refractivity contribution is 0.0610. The quantitative estimate of drug-likeness (QED) is 0.715. The minimum Gasteiger partial charge on any atom is -0.389 e. The van der Waals surface area contributed by atoms with Gasteiger partial charge in [-0.15, -0.1) is 0 Å². The summed E-state index contributed by atoms with van der Waals surface area (Å²) in [5, 5.41) is 13.0. The Hall–Kier alpha value is -0.890. The van der Waals surface area contributed by atoms with Crippen molar-refractivity contribution in [2.45, 2.75) is 6.10 Å². The lowest BCUT2D eigenvalue weighted by Crippen LogP contribution is -2.34. The van der Waals surface area contributed by atoms with Crippen LogP contribution in [-0.4, -0.2) is 42.4 Å². The van der Waals surface area contributed by atoms with Crippen LogP contribution in [0, 0.1) is 0 Å². The van der Waals surface area contributed by atoms with Crippen molar-refractivity contribution < 1.29 is 14.6 Å². The van der Waals surface area contributed by atoms with E-state index in [1.165, 1.54) is 7.11 Å². The van der Waals surface area contributed by atoms with Crippen LogP contribution in [0.25, 0.3) is 10.9 Å². The number of aliphatic hydroxyl groups excluding tert-OH is 1. The summed E-state index contributed by atoms with van der Waals surface area (Å²) in [7, 11) is 1.50. The van der Waals surface area contributed by atoms with Gasteiger partial charge < -0.3 is 20.1 Å². The molecular weight excluding hydrogens is 392 g/mol. The van der Waals surface area contributed by atoms with E-state index < -0.39 is 6.10 Å². The van der Waals surface area contributed by atoms with Crippen molar-refractivity contribution in [1.82, 2.24) is 10.3 Å². The molecule has 1 atom stereocenters. The molecule has 2 aromatic rings. The highest BCUT2D eigenvalue weighted by Crippen LogP contribution is 2.29. The molecule has 0 fully saturated rings. The van der Waals surface area contributed by atoms with E-state index in [4.69, 9.17) is 4.74 Å². The van der Waals surface area contributed by atoms with E-state index in [1.54, 1.807) is 6.20 Å². The van der Waals surface area contributed by atoms with E-state index in [9.17, 15) is 9.90 Å². The van der Waals surface area contributed by atoms with Gasteiger partial charge in [0.05, 0.1) is 18.3 Å². The number of aromatic amines is 1. The first kappa shape index (κ1) is 15.5. The fourth-order valence-electron chi connectivity index (χ4n) is 1.86. The zero-order valence-corrected chi connectivity index (χ0v) is 13.9. The highest BCUT2D eigenvalue weighted by Gasteiger charge is 2.14. The standard InChI is InChI=1S/C13H14Br2N2O3/c1-20-6-7(18)4-17-13(19)9-5-16-12-3-11(15)10(14)2-8(9)12/h2-3,5,7,16,18H,4,6H2,1H3,(H,17,19). The maximum absolute atomic E-state index is 12.1. The summed E-state index contributed by atoms with van der Waals surface area (Å²) < 4.78 is 6.59. The molecule has 1 heterocycles. The number of methoxy groups -OCH3 is 1. The van der Waals surface area contributed by atoms with Crippen LogP contribution in [-0.2, 0) is 4.74 Å². The minimum absolute atomic E-state index is 0.150. The number of carbonyl (C=O) groups excluding carboxylic acids is 1. The first-order chi connectivity index (χ1) is 9.52. The topological polar surface area (TPSA) is 74.3 Å². The molecular formula is C13H14Br2N2O3. The number of aliphatic hydroxyl groups is 1. The molecule has 0 aliphatic carbocycles. The van der Waals surface area contributed by atoms with Gasteiger partial charge in [-0.2, -0.15) is 0 Å². The van der Waals surface area contributed by atoms with Gasteiger partial charge in [0.25, 0.3) is 5.91 Å². The summed E-state index contributed by atoms with van der Waals surface area (Å²) in [6.07, 6.45) is 0.941. The second-order valence-electron chi connectivity index (χ2n) is 4.33. The Morgan fingerprint density at radius 3 is 2.85 bits per heavy atom. The van der Waals surface area contributed by atoms with Gasteiger partial charge in [-0.25, -0.2) is 0 Å². The Balaban J connectivity index is 2.16. The third-order valence-electron chi connectivity index (χ3n) is 2.82. The Bertz CT molecular complexity index is 627. The molecule has 1 unspecified atom stereocenters. The number of hydrogen-bond donors (Lipinski definition) is 3. The number of rotatable bonds is 5. The second kappa shape index (κ2) is 6.71. The number of nitrogens with one attached hydrogen (secondary N) is 2. The lowest BCUT2D eigenvalue weighted by atomic mass is 10.1. The van der Waals surface area contributed by atoms with Crippen LogP contribution in [0.5, 0.6) is 0 Å². The third-order valence-corrected chi connectivity index (χ3v) is 4.67. The molecule has 1 amide bonds. The summed E-state index contributed by atoms with van der Waals surface area (Å²) in [4.78, 5) is 15.2. The molecule has 5 nitrogen and oxygen atoms in total. The number of aromatic nitrogens is 1. The Morgan fingerprint density at radius 2 is 2.15 bits per heavy atom. The van der Waals surface area contributed by atoms with Crippen molar-refractivity contribution in [3.05, 3.63) is 32.8 Å². The van der Waals surface area contributed by atoms with Crippen LogP contribution in [0.1, 0.15) is 10.4 Å². The summed E-state index contributed by atoms with van der Waals surface area (Å²) in [5.74, 6) is -0.236. The molecule has 3 N–H and O–H groups in total. The predicted molar refractivity (Wildman–Crippen MR) is 83.9 cm³/mol. The summed E-state index contributed by atoms with van der Waals surface area (Å²) in [6, 6.07) is 3.77. The van der Waals surface area contributed by atoms with Gasteiger partial charge in [-0.05, 0) is 44.0 Å². The molecule has 1 aromatic carbocycles. The highest BCUT2D eigenvalue weighted by molar-refractivity contribution is 9.13. The molecule has 0 bridgehead atoms. The summed E-state index contributed by atoms with van der Waals surface area (Å²) in [5.41, 5.74) is 1.40. The molecule has 20 heavy (non-hydrogen) atoms. The van der Waals surface area contributed by atoms with Crippen LogP contribution in [0.4, 0.5) is 0 Å². The maximum Gasteiger partial charge on any atom is 0.253 e. The number of fused-ring (bicyclic) bond motifs is 1. The van der Waals surface area contributed by atoms with Gasteiger partial charge in [0, 0.05) is 39.7 Å². The summed E-state index contributed by atoms with van der Waals surface area (Å²) >= 11 is 6.83. The molecule has 0 radical (unpaired) electrons. The van der Waals surface area contributed by atoms with Gasteiger partial charge in [-0.1, -0.05) is 0 Å². The van der Waals surface area contributed by atoms with E-state index in [0.717, 1.165) is 19.8 Å². The number of carbonyl (C=O) groups is 1. The average Bonchev–Trinajstić information content (AvgIpc) is 2.80. The van der Waals surface area contributed by atoms with Gasteiger partial charge >= 0.3 is 0 Å². The summed E-state index contributed by atoms with van der Waals surface area (Å²) in [6.45, 7) is 0.337. The Labute approximate surface area is 133 Å². The fourth-order valence-corrected chi connectivity index (χ4v) is 2.55. The number of H-pyrrole nitrogens is 1. The highest BCUT2D eigenvalue weighted by atomic mass is 79.9. The fraction of sp³-hybridized carbons (Fsp3) is 0.308. The zero-order valence-electron chi connectivity index (χ0n) is 10.7. The van der Waals surface area contributed by atoms with Crippen LogP contribution >= 0.6 is 31.9 Å². The Kier molecular flexibility index (Phi) is 5.20. The molecule has 108 valence electrons. The number of benzene rings is 1. The third kappa shape index (κ3) is 3.41.